The molecule has 0 spiro atoms. The van der Waals surface area contributed by atoms with Gasteiger partial charge in [-0.15, -0.1) is 0 Å². The first-order valence-electron chi connectivity index (χ1n) is 4.78. The zero-order valence-electron chi connectivity index (χ0n) is 8.25. The number of likely N-dealkylation sites (N-methyl/N-ethyl adjacent to an activating group) is 1. The van der Waals surface area contributed by atoms with Gasteiger partial charge in [0.25, 0.3) is 0 Å². The SMILES string of the molecule is CCC1C[N+](C)([O-])CC(CC)O1. The van der Waals surface area contributed by atoms with Gasteiger partial charge in [-0.25, -0.2) is 0 Å². The van der Waals surface area contributed by atoms with Gasteiger partial charge in [0.15, 0.2) is 0 Å². The minimum atomic E-state index is -0.128. The van der Waals surface area contributed by atoms with Gasteiger partial charge in [0.2, 0.25) is 0 Å². The van der Waals surface area contributed by atoms with Gasteiger partial charge in [-0.05, 0) is 12.8 Å². The summed E-state index contributed by atoms with van der Waals surface area (Å²) >= 11 is 0. The highest BCUT2D eigenvalue weighted by Gasteiger charge is 2.30. The van der Waals surface area contributed by atoms with Crippen LogP contribution in [0.1, 0.15) is 26.7 Å². The van der Waals surface area contributed by atoms with Crippen molar-refractivity contribution in [1.29, 1.82) is 0 Å². The van der Waals surface area contributed by atoms with E-state index >= 15 is 0 Å². The highest BCUT2D eigenvalue weighted by Crippen LogP contribution is 2.19. The lowest BCUT2D eigenvalue weighted by atomic mass is 10.1. The van der Waals surface area contributed by atoms with Gasteiger partial charge < -0.3 is 14.6 Å². The van der Waals surface area contributed by atoms with Crippen LogP contribution in [0.3, 0.4) is 0 Å². The molecule has 0 aromatic rings. The number of hydroxylamine groups is 3. The van der Waals surface area contributed by atoms with E-state index in [2.05, 4.69) is 13.8 Å². The second kappa shape index (κ2) is 3.73. The van der Waals surface area contributed by atoms with E-state index in [0.29, 0.717) is 13.1 Å². The van der Waals surface area contributed by atoms with Gasteiger partial charge >= 0.3 is 0 Å². The third kappa shape index (κ3) is 2.44. The zero-order valence-corrected chi connectivity index (χ0v) is 8.25. The van der Waals surface area contributed by atoms with E-state index in [0.717, 1.165) is 12.8 Å². The van der Waals surface area contributed by atoms with Gasteiger partial charge in [0.1, 0.15) is 25.3 Å². The van der Waals surface area contributed by atoms with Crippen LogP contribution in [-0.2, 0) is 4.74 Å². The summed E-state index contributed by atoms with van der Waals surface area (Å²) in [6.45, 7) is 5.38. The molecule has 0 N–H and O–H groups in total. The Morgan fingerprint density at radius 3 is 2.00 bits per heavy atom. The Balaban J connectivity index is 2.53. The van der Waals surface area contributed by atoms with E-state index < -0.39 is 0 Å². The van der Waals surface area contributed by atoms with E-state index in [1.165, 1.54) is 0 Å². The van der Waals surface area contributed by atoms with Crippen molar-refractivity contribution in [2.24, 2.45) is 0 Å². The molecule has 1 rings (SSSR count). The van der Waals surface area contributed by atoms with Crippen LogP contribution < -0.4 is 0 Å². The Labute approximate surface area is 74.5 Å². The molecule has 0 saturated carbocycles. The molecule has 0 radical (unpaired) electrons. The van der Waals surface area contributed by atoms with Crippen molar-refractivity contribution in [1.82, 2.24) is 0 Å². The van der Waals surface area contributed by atoms with Gasteiger partial charge in [-0.2, -0.15) is 0 Å². The van der Waals surface area contributed by atoms with Gasteiger partial charge in [0, 0.05) is 0 Å². The highest BCUT2D eigenvalue weighted by molar-refractivity contribution is 4.67. The summed E-state index contributed by atoms with van der Waals surface area (Å²) in [7, 11) is 1.74. The summed E-state index contributed by atoms with van der Waals surface area (Å²) < 4.78 is 5.58. The minimum absolute atomic E-state index is 0.128. The lowest BCUT2D eigenvalue weighted by molar-refractivity contribution is -0.877. The van der Waals surface area contributed by atoms with Crippen molar-refractivity contribution in [2.75, 3.05) is 20.1 Å². The predicted octanol–water partition coefficient (Wildman–Crippen LogP) is 1.52. The molecule has 2 unspecified atom stereocenters. The van der Waals surface area contributed by atoms with Crippen LogP contribution in [-0.4, -0.2) is 37.0 Å². The summed E-state index contributed by atoms with van der Waals surface area (Å²) in [6.07, 6.45) is 2.25. The molecular weight excluding hydrogens is 154 g/mol. The number of quaternary nitrogens is 1. The van der Waals surface area contributed by atoms with Crippen molar-refractivity contribution in [3.63, 3.8) is 0 Å². The van der Waals surface area contributed by atoms with Gasteiger partial charge in [-0.3, -0.25) is 0 Å². The topological polar surface area (TPSA) is 32.3 Å². The smallest absolute Gasteiger partial charge is 0.107 e. The Bertz CT molecular complexity index is 133. The second-order valence-corrected chi connectivity index (χ2v) is 3.86. The predicted molar refractivity (Wildman–Crippen MR) is 48.5 cm³/mol. The molecule has 3 nitrogen and oxygen atoms in total. The van der Waals surface area contributed by atoms with Crippen LogP contribution in [0.5, 0.6) is 0 Å². The third-order valence-electron chi connectivity index (χ3n) is 2.48. The largest absolute Gasteiger partial charge is 0.633 e. The summed E-state index contributed by atoms with van der Waals surface area (Å²) in [5.41, 5.74) is 0. The molecule has 1 fully saturated rings. The molecule has 1 aliphatic heterocycles. The maximum absolute atomic E-state index is 11.7. The van der Waals surface area contributed by atoms with E-state index in [9.17, 15) is 5.21 Å². The summed E-state index contributed by atoms with van der Waals surface area (Å²) in [4.78, 5) is 0. The molecule has 3 heteroatoms. The average Bonchev–Trinajstić information content (AvgIpc) is 2.01. The maximum Gasteiger partial charge on any atom is 0.107 e. The van der Waals surface area contributed by atoms with Crippen molar-refractivity contribution >= 4 is 0 Å². The molecule has 1 saturated heterocycles. The summed E-state index contributed by atoms with van der Waals surface area (Å²) in [5, 5.41) is 11.7. The van der Waals surface area contributed by atoms with E-state index in [4.69, 9.17) is 4.74 Å². The fourth-order valence-corrected chi connectivity index (χ4v) is 1.74. The lowest BCUT2D eigenvalue weighted by Crippen LogP contribution is -2.54. The molecule has 12 heavy (non-hydrogen) atoms. The Morgan fingerprint density at radius 1 is 1.25 bits per heavy atom. The zero-order chi connectivity index (χ0) is 9.19. The van der Waals surface area contributed by atoms with Crippen molar-refractivity contribution in [3.05, 3.63) is 5.21 Å². The first-order valence-corrected chi connectivity index (χ1v) is 4.78. The number of rotatable bonds is 2. The maximum atomic E-state index is 11.7. The van der Waals surface area contributed by atoms with Crippen LogP contribution >= 0.6 is 0 Å². The average molecular weight is 173 g/mol. The van der Waals surface area contributed by atoms with Crippen molar-refractivity contribution < 1.29 is 9.38 Å². The molecule has 1 heterocycles. The van der Waals surface area contributed by atoms with E-state index in [-0.39, 0.29) is 16.9 Å². The van der Waals surface area contributed by atoms with Crippen LogP contribution in [0.2, 0.25) is 0 Å². The van der Waals surface area contributed by atoms with Crippen LogP contribution in [0.25, 0.3) is 0 Å². The quantitative estimate of drug-likeness (QED) is 0.468. The van der Waals surface area contributed by atoms with Gasteiger partial charge in [0.05, 0.1) is 7.05 Å². The molecule has 1 aliphatic rings. The number of hydrogen-bond acceptors (Lipinski definition) is 2. The molecule has 0 amide bonds. The molecular formula is C9H19NO2. The van der Waals surface area contributed by atoms with Gasteiger partial charge in [-0.1, -0.05) is 13.8 Å². The molecule has 72 valence electrons. The highest BCUT2D eigenvalue weighted by atomic mass is 16.6. The Kier molecular flexibility index (Phi) is 3.09. The standard InChI is InChI=1S/C9H19NO2/c1-4-8-6-10(3,11)7-9(5-2)12-8/h8-9H,4-7H2,1-3H3. The van der Waals surface area contributed by atoms with Crippen molar-refractivity contribution in [2.45, 2.75) is 38.9 Å². The minimum Gasteiger partial charge on any atom is -0.633 e. The summed E-state index contributed by atoms with van der Waals surface area (Å²) in [5.74, 6) is 0. The van der Waals surface area contributed by atoms with E-state index in [1.54, 1.807) is 7.05 Å². The molecule has 0 aliphatic carbocycles. The Morgan fingerprint density at radius 2 is 1.67 bits per heavy atom. The number of hydrogen-bond donors (Lipinski definition) is 0. The molecule has 0 aromatic carbocycles. The van der Waals surface area contributed by atoms with Crippen LogP contribution in [0.4, 0.5) is 0 Å². The first-order chi connectivity index (χ1) is 5.57. The lowest BCUT2D eigenvalue weighted by Gasteiger charge is -2.47. The number of ether oxygens (including phenoxy) is 1. The molecule has 0 bridgehead atoms. The fourth-order valence-electron chi connectivity index (χ4n) is 1.74. The number of nitrogens with zero attached hydrogens (tertiary/aromatic N) is 1. The molecule has 2 atom stereocenters. The number of morpholine rings is 1. The van der Waals surface area contributed by atoms with Crippen LogP contribution in [0.15, 0.2) is 0 Å². The fraction of sp³-hybridized carbons (Fsp3) is 1.00. The Hall–Kier alpha value is -0.120. The van der Waals surface area contributed by atoms with E-state index in [1.807, 2.05) is 0 Å². The third-order valence-corrected chi connectivity index (χ3v) is 2.48. The first kappa shape index (κ1) is 9.96. The second-order valence-electron chi connectivity index (χ2n) is 3.86. The normalized spacial score (nSPS) is 43.0. The van der Waals surface area contributed by atoms with Crippen LogP contribution in [0, 0.1) is 5.21 Å². The summed E-state index contributed by atoms with van der Waals surface area (Å²) in [6, 6.07) is 0. The van der Waals surface area contributed by atoms with Crippen molar-refractivity contribution in [3.8, 4) is 0 Å². The molecule has 0 aromatic heterocycles. The monoisotopic (exact) mass is 173 g/mol.